The highest BCUT2D eigenvalue weighted by Crippen LogP contribution is 2.31. The van der Waals surface area contributed by atoms with Crippen LogP contribution in [0.5, 0.6) is 0 Å². The van der Waals surface area contributed by atoms with Crippen LogP contribution in [0.2, 0.25) is 0 Å². The van der Waals surface area contributed by atoms with Crippen LogP contribution in [-0.2, 0) is 10.0 Å². The van der Waals surface area contributed by atoms with Crippen molar-refractivity contribution in [3.63, 3.8) is 0 Å². The zero-order chi connectivity index (χ0) is 13.4. The van der Waals surface area contributed by atoms with Crippen LogP contribution >= 0.6 is 12.4 Å². The summed E-state index contributed by atoms with van der Waals surface area (Å²) in [4.78, 5) is 2.28. The van der Waals surface area contributed by atoms with E-state index in [4.69, 9.17) is 5.73 Å². The first kappa shape index (κ1) is 17.2. The molecule has 2 N–H and O–H groups in total. The molecule has 19 heavy (non-hydrogen) atoms. The molecule has 0 aromatic rings. The highest BCUT2D eigenvalue weighted by atomic mass is 35.5. The zero-order valence-corrected chi connectivity index (χ0v) is 13.5. The number of nitrogens with zero attached hydrogens (tertiary/aromatic N) is 2. The molecule has 1 saturated carbocycles. The lowest BCUT2D eigenvalue weighted by atomic mass is 10.1. The molecule has 2 aliphatic rings. The highest BCUT2D eigenvalue weighted by molar-refractivity contribution is 7.90. The monoisotopic (exact) mass is 311 g/mol. The summed E-state index contributed by atoms with van der Waals surface area (Å²) < 4.78 is 26.0. The van der Waals surface area contributed by atoms with Crippen molar-refractivity contribution in [3.05, 3.63) is 0 Å². The van der Waals surface area contributed by atoms with Crippen molar-refractivity contribution in [1.82, 2.24) is 9.21 Å². The van der Waals surface area contributed by atoms with Gasteiger partial charge >= 0.3 is 0 Å². The maximum Gasteiger partial charge on any atom is 0.217 e. The first-order chi connectivity index (χ1) is 8.29. The fraction of sp³-hybridized carbons (Fsp3) is 1.00. The van der Waals surface area contributed by atoms with E-state index in [9.17, 15) is 8.42 Å². The van der Waals surface area contributed by atoms with Crippen LogP contribution in [-0.4, -0.2) is 61.1 Å². The predicted octanol–water partition coefficient (Wildman–Crippen LogP) is 0.645. The van der Waals surface area contributed by atoms with Gasteiger partial charge in [0.1, 0.15) is 0 Å². The minimum absolute atomic E-state index is 0. The topological polar surface area (TPSA) is 66.6 Å². The summed E-state index contributed by atoms with van der Waals surface area (Å²) in [5.74, 6) is 0. The van der Waals surface area contributed by atoms with Gasteiger partial charge in [0.2, 0.25) is 10.0 Å². The average molecular weight is 312 g/mol. The number of sulfonamides is 1. The maximum absolute atomic E-state index is 12.2. The Morgan fingerprint density at radius 1 is 1.16 bits per heavy atom. The SMILES string of the molecule is CC(C)(N)CN1CCCN(S(=O)(=O)C2CC2)CC1.Cl. The van der Waals surface area contributed by atoms with Crippen LogP contribution in [0.1, 0.15) is 33.1 Å². The van der Waals surface area contributed by atoms with Crippen molar-refractivity contribution in [2.45, 2.75) is 43.9 Å². The molecule has 0 amide bonds. The van der Waals surface area contributed by atoms with E-state index >= 15 is 0 Å². The molecule has 0 aromatic heterocycles. The van der Waals surface area contributed by atoms with E-state index in [1.54, 1.807) is 4.31 Å². The second-order valence-corrected chi connectivity index (χ2v) is 8.47. The summed E-state index contributed by atoms with van der Waals surface area (Å²) in [5, 5.41) is -0.0880. The molecular formula is C12H26ClN3O2S. The third-order valence-electron chi connectivity index (χ3n) is 3.48. The maximum atomic E-state index is 12.2. The van der Waals surface area contributed by atoms with E-state index in [-0.39, 0.29) is 23.2 Å². The van der Waals surface area contributed by atoms with Crippen molar-refractivity contribution < 1.29 is 8.42 Å². The molecule has 1 aliphatic heterocycles. The fourth-order valence-corrected chi connectivity index (χ4v) is 4.39. The molecule has 2 rings (SSSR count). The number of hydrogen-bond acceptors (Lipinski definition) is 4. The van der Waals surface area contributed by atoms with E-state index in [1.807, 2.05) is 13.8 Å². The first-order valence-electron chi connectivity index (χ1n) is 6.79. The summed E-state index contributed by atoms with van der Waals surface area (Å²) in [6.07, 6.45) is 2.60. The molecule has 0 spiro atoms. The molecule has 0 aromatic carbocycles. The summed E-state index contributed by atoms with van der Waals surface area (Å²) >= 11 is 0. The van der Waals surface area contributed by atoms with Crippen molar-refractivity contribution >= 4 is 22.4 Å². The van der Waals surface area contributed by atoms with E-state index in [2.05, 4.69) is 4.90 Å². The highest BCUT2D eigenvalue weighted by Gasteiger charge is 2.40. The minimum Gasteiger partial charge on any atom is -0.324 e. The van der Waals surface area contributed by atoms with Crippen molar-refractivity contribution in [3.8, 4) is 0 Å². The first-order valence-corrected chi connectivity index (χ1v) is 8.29. The van der Waals surface area contributed by atoms with E-state index in [0.29, 0.717) is 13.1 Å². The summed E-state index contributed by atoms with van der Waals surface area (Å²) in [5.41, 5.74) is 5.80. The lowest BCUT2D eigenvalue weighted by Gasteiger charge is -2.28. The van der Waals surface area contributed by atoms with Gasteiger partial charge in [-0.05, 0) is 39.7 Å². The summed E-state index contributed by atoms with van der Waals surface area (Å²) in [7, 11) is -3.00. The standard InChI is InChI=1S/C12H25N3O2S.ClH/c1-12(2,13)10-14-6-3-7-15(9-8-14)18(16,17)11-4-5-11;/h11H,3-10,13H2,1-2H3;1H. The molecule has 5 nitrogen and oxygen atoms in total. The lowest BCUT2D eigenvalue weighted by molar-refractivity contribution is 0.235. The van der Waals surface area contributed by atoms with Crippen LogP contribution in [0.3, 0.4) is 0 Å². The largest absolute Gasteiger partial charge is 0.324 e. The quantitative estimate of drug-likeness (QED) is 0.827. The smallest absolute Gasteiger partial charge is 0.217 e. The Bertz CT molecular complexity index is 390. The van der Waals surface area contributed by atoms with Crippen LogP contribution in [0.25, 0.3) is 0 Å². The van der Waals surface area contributed by atoms with Crippen LogP contribution in [0.4, 0.5) is 0 Å². The minimum atomic E-state index is -3.00. The van der Waals surface area contributed by atoms with Gasteiger partial charge < -0.3 is 10.6 Å². The Kier molecular flexibility index (Phi) is 5.66. The Morgan fingerprint density at radius 3 is 2.32 bits per heavy atom. The second kappa shape index (κ2) is 6.26. The van der Waals surface area contributed by atoms with E-state index in [0.717, 1.165) is 38.9 Å². The fourth-order valence-electron chi connectivity index (χ4n) is 2.51. The van der Waals surface area contributed by atoms with Crippen molar-refractivity contribution in [2.24, 2.45) is 5.73 Å². The van der Waals surface area contributed by atoms with Gasteiger partial charge in [0, 0.05) is 31.7 Å². The van der Waals surface area contributed by atoms with Gasteiger partial charge in [0.05, 0.1) is 5.25 Å². The van der Waals surface area contributed by atoms with Crippen molar-refractivity contribution in [2.75, 3.05) is 32.7 Å². The summed E-state index contributed by atoms with van der Waals surface area (Å²) in [6, 6.07) is 0. The molecule has 0 unspecified atom stereocenters. The van der Waals surface area contributed by atoms with Crippen LogP contribution < -0.4 is 5.73 Å². The Labute approximate surface area is 123 Å². The molecule has 1 heterocycles. The van der Waals surface area contributed by atoms with Gasteiger partial charge in [0.15, 0.2) is 0 Å². The summed E-state index contributed by atoms with van der Waals surface area (Å²) in [6.45, 7) is 7.87. The van der Waals surface area contributed by atoms with Gasteiger partial charge in [0.25, 0.3) is 0 Å². The Morgan fingerprint density at radius 2 is 1.79 bits per heavy atom. The van der Waals surface area contributed by atoms with E-state index in [1.165, 1.54) is 0 Å². The van der Waals surface area contributed by atoms with E-state index < -0.39 is 10.0 Å². The molecule has 0 radical (unpaired) electrons. The van der Waals surface area contributed by atoms with Gasteiger partial charge in [-0.25, -0.2) is 12.7 Å². The van der Waals surface area contributed by atoms with Crippen LogP contribution in [0, 0.1) is 0 Å². The number of halogens is 1. The van der Waals surface area contributed by atoms with Crippen molar-refractivity contribution in [1.29, 1.82) is 0 Å². The zero-order valence-electron chi connectivity index (χ0n) is 11.8. The Hall–Kier alpha value is 0.120. The lowest BCUT2D eigenvalue weighted by Crippen LogP contribution is -2.46. The van der Waals surface area contributed by atoms with Gasteiger partial charge in [-0.1, -0.05) is 0 Å². The van der Waals surface area contributed by atoms with Gasteiger partial charge in [-0.3, -0.25) is 0 Å². The third-order valence-corrected chi connectivity index (χ3v) is 5.88. The molecule has 2 fully saturated rings. The average Bonchev–Trinajstić information content (AvgIpc) is 3.01. The van der Waals surface area contributed by atoms with Gasteiger partial charge in [-0.15, -0.1) is 12.4 Å². The third kappa shape index (κ3) is 4.86. The molecular weight excluding hydrogens is 286 g/mol. The Balaban J connectivity index is 0.00000180. The van der Waals surface area contributed by atoms with Crippen LogP contribution in [0.15, 0.2) is 0 Å². The number of hydrogen-bond donors (Lipinski definition) is 1. The normalized spacial score (nSPS) is 23.7. The van der Waals surface area contributed by atoms with Gasteiger partial charge in [-0.2, -0.15) is 0 Å². The number of nitrogens with two attached hydrogens (primary N) is 1. The molecule has 7 heteroatoms. The molecule has 0 bridgehead atoms. The molecule has 1 saturated heterocycles. The second-order valence-electron chi connectivity index (χ2n) is 6.26. The predicted molar refractivity (Wildman–Crippen MR) is 80.1 cm³/mol. The molecule has 1 aliphatic carbocycles. The molecule has 0 atom stereocenters. The molecule has 114 valence electrons. The number of rotatable bonds is 4.